The Morgan fingerprint density at radius 2 is 1.95 bits per heavy atom. The number of benzene rings is 1. The average Bonchev–Trinajstić information content (AvgIpc) is 2.51. The summed E-state index contributed by atoms with van der Waals surface area (Å²) in [6, 6.07) is 7.14. The molecule has 8 heteroatoms. The van der Waals surface area contributed by atoms with Crippen LogP contribution in [0.5, 0.6) is 0 Å². The van der Waals surface area contributed by atoms with Crippen molar-refractivity contribution in [2.45, 2.75) is 11.8 Å². The number of amidine groups is 1. The molecular weight excluding hydrogens is 307 g/mol. The molecule has 114 valence electrons. The Kier molecular flexibility index (Phi) is 3.63. The molecule has 0 aliphatic carbocycles. The van der Waals surface area contributed by atoms with Crippen LogP contribution in [0.1, 0.15) is 12.5 Å². The van der Waals surface area contributed by atoms with Crippen molar-refractivity contribution in [1.29, 1.82) is 0 Å². The smallest absolute Gasteiger partial charge is 0.265 e. The zero-order valence-electron chi connectivity index (χ0n) is 11.7. The molecule has 0 radical (unpaired) electrons. The number of halogens is 1. The van der Waals surface area contributed by atoms with Gasteiger partial charge in [0.1, 0.15) is 16.4 Å². The number of fused-ring (bicyclic) bond motifs is 1. The second-order valence-electron chi connectivity index (χ2n) is 4.56. The Morgan fingerprint density at radius 3 is 2.64 bits per heavy atom. The summed E-state index contributed by atoms with van der Waals surface area (Å²) in [5, 5.41) is 1.36. The van der Waals surface area contributed by atoms with Crippen LogP contribution >= 0.6 is 0 Å². The van der Waals surface area contributed by atoms with Gasteiger partial charge in [0.15, 0.2) is 5.84 Å². The predicted molar refractivity (Wildman–Crippen MR) is 80.5 cm³/mol. The number of rotatable bonds is 3. The van der Waals surface area contributed by atoms with Gasteiger partial charge in [0, 0.05) is 24.5 Å². The number of nitrogens with one attached hydrogen (secondary N) is 1. The molecule has 1 aromatic heterocycles. The lowest BCUT2D eigenvalue weighted by molar-refractivity contribution is 0.584. The Morgan fingerprint density at radius 1 is 1.23 bits per heavy atom. The van der Waals surface area contributed by atoms with Crippen molar-refractivity contribution in [2.24, 2.45) is 4.40 Å². The molecule has 1 aromatic carbocycles. The number of hydrogen-bond donors (Lipinski definition) is 1. The van der Waals surface area contributed by atoms with Gasteiger partial charge in [-0.1, -0.05) is 13.0 Å². The Bertz CT molecular complexity index is 837. The Labute approximate surface area is 127 Å². The minimum Gasteiger partial charge on any atom is -0.265 e. The molecule has 0 spiro atoms. The van der Waals surface area contributed by atoms with Gasteiger partial charge in [-0.3, -0.25) is 9.99 Å². The summed E-state index contributed by atoms with van der Waals surface area (Å²) in [4.78, 5) is 3.73. The average molecular weight is 320 g/mol. The molecule has 6 nitrogen and oxygen atoms in total. The highest BCUT2D eigenvalue weighted by atomic mass is 32.2. The zero-order chi connectivity index (χ0) is 15.7. The molecule has 1 aliphatic heterocycles. The number of hydrogen-bond acceptors (Lipinski definition) is 5. The third-order valence-electron chi connectivity index (χ3n) is 3.12. The maximum atomic E-state index is 14.3. The van der Waals surface area contributed by atoms with E-state index in [0.717, 1.165) is 0 Å². The third-order valence-corrected chi connectivity index (χ3v) is 4.42. The predicted octanol–water partition coefficient (Wildman–Crippen LogP) is 1.70. The first-order chi connectivity index (χ1) is 10.5. The Hall–Kier alpha value is -2.32. The first kappa shape index (κ1) is 14.6. The van der Waals surface area contributed by atoms with Crippen molar-refractivity contribution in [3.63, 3.8) is 0 Å². The summed E-state index contributed by atoms with van der Waals surface area (Å²) in [6.07, 6.45) is 3.04. The fourth-order valence-corrected chi connectivity index (χ4v) is 3.42. The summed E-state index contributed by atoms with van der Waals surface area (Å²) < 4.78 is 42.8. The lowest BCUT2D eigenvalue weighted by Gasteiger charge is -2.31. The summed E-state index contributed by atoms with van der Waals surface area (Å²) in [5.41, 5.74) is 3.42. The van der Waals surface area contributed by atoms with E-state index in [2.05, 4.69) is 14.8 Å². The van der Waals surface area contributed by atoms with Gasteiger partial charge >= 0.3 is 0 Å². The molecule has 0 saturated heterocycles. The van der Waals surface area contributed by atoms with Crippen molar-refractivity contribution < 1.29 is 12.8 Å². The van der Waals surface area contributed by atoms with Crippen molar-refractivity contribution in [2.75, 3.05) is 11.6 Å². The van der Waals surface area contributed by atoms with Gasteiger partial charge < -0.3 is 0 Å². The van der Waals surface area contributed by atoms with Crippen LogP contribution in [0.2, 0.25) is 0 Å². The lowest BCUT2D eigenvalue weighted by Crippen LogP contribution is -2.47. The minimum atomic E-state index is -3.97. The fraction of sp³-hybridized carbons (Fsp3) is 0.143. The summed E-state index contributed by atoms with van der Waals surface area (Å²) >= 11 is 0. The van der Waals surface area contributed by atoms with Crippen LogP contribution in [0, 0.1) is 5.82 Å². The summed E-state index contributed by atoms with van der Waals surface area (Å²) in [7, 11) is -3.97. The van der Waals surface area contributed by atoms with E-state index in [9.17, 15) is 12.8 Å². The molecular formula is C14H13FN4O2S. The number of para-hydroxylation sites is 1. The van der Waals surface area contributed by atoms with E-state index in [1.165, 1.54) is 35.6 Å². The van der Waals surface area contributed by atoms with E-state index in [1.54, 1.807) is 12.1 Å². The normalized spacial score (nSPS) is 16.1. The molecule has 0 amide bonds. The van der Waals surface area contributed by atoms with Gasteiger partial charge in [-0.05, 0) is 24.3 Å². The number of pyridine rings is 1. The first-order valence-corrected chi connectivity index (χ1v) is 8.06. The van der Waals surface area contributed by atoms with E-state index in [0.29, 0.717) is 12.1 Å². The quantitative estimate of drug-likeness (QED) is 0.932. The highest BCUT2D eigenvalue weighted by Gasteiger charge is 2.33. The molecule has 0 fully saturated rings. The van der Waals surface area contributed by atoms with Crippen LogP contribution in [0.25, 0.3) is 0 Å². The van der Waals surface area contributed by atoms with Crippen LogP contribution in [0.15, 0.2) is 52.0 Å². The molecule has 0 bridgehead atoms. The number of anilines is 1. The van der Waals surface area contributed by atoms with Gasteiger partial charge in [0.05, 0.1) is 0 Å². The number of sulfonamides is 1. The second kappa shape index (κ2) is 5.47. The topological polar surface area (TPSA) is 74.7 Å². The summed E-state index contributed by atoms with van der Waals surface area (Å²) in [6.45, 7) is 2.30. The summed E-state index contributed by atoms with van der Waals surface area (Å²) in [5.74, 6) is -0.523. The van der Waals surface area contributed by atoms with E-state index in [4.69, 9.17) is 0 Å². The van der Waals surface area contributed by atoms with Crippen LogP contribution < -0.4 is 10.4 Å². The minimum absolute atomic E-state index is 0.0498. The zero-order valence-corrected chi connectivity index (χ0v) is 12.5. The highest BCUT2D eigenvalue weighted by molar-refractivity contribution is 7.90. The number of hydrazine groups is 1. The molecule has 2 heterocycles. The van der Waals surface area contributed by atoms with Crippen LogP contribution in [0.4, 0.5) is 10.1 Å². The van der Waals surface area contributed by atoms with Gasteiger partial charge in [0.2, 0.25) is 0 Å². The van der Waals surface area contributed by atoms with E-state index in [1.807, 2.05) is 6.92 Å². The standard InChI is InChI=1S/C14H13FN4O2S/c1-2-17-19-13-11(15)4-3-5-12(13)22(20,21)18-14(19)10-6-8-16-9-7-10/h3-9,17H,2H2,1H3. The highest BCUT2D eigenvalue weighted by Crippen LogP contribution is 2.34. The SMILES string of the molecule is CCNN1C(c2ccncc2)=NS(=O)(=O)c2cccc(F)c21. The van der Waals surface area contributed by atoms with E-state index < -0.39 is 15.8 Å². The molecule has 0 atom stereocenters. The lowest BCUT2D eigenvalue weighted by atomic mass is 10.2. The van der Waals surface area contributed by atoms with Crippen molar-refractivity contribution in [3.05, 3.63) is 54.1 Å². The van der Waals surface area contributed by atoms with Gasteiger partial charge in [-0.2, -0.15) is 8.42 Å². The van der Waals surface area contributed by atoms with Crippen molar-refractivity contribution in [3.8, 4) is 0 Å². The third kappa shape index (κ3) is 2.36. The van der Waals surface area contributed by atoms with Gasteiger partial charge in [-0.15, -0.1) is 4.40 Å². The first-order valence-electron chi connectivity index (χ1n) is 6.62. The molecule has 2 aromatic rings. The van der Waals surface area contributed by atoms with Crippen LogP contribution in [-0.4, -0.2) is 25.8 Å². The molecule has 1 N–H and O–H groups in total. The van der Waals surface area contributed by atoms with E-state index in [-0.39, 0.29) is 16.4 Å². The maximum Gasteiger partial charge on any atom is 0.286 e. The van der Waals surface area contributed by atoms with Crippen LogP contribution in [-0.2, 0) is 10.0 Å². The van der Waals surface area contributed by atoms with E-state index >= 15 is 0 Å². The maximum absolute atomic E-state index is 14.3. The number of nitrogens with zero attached hydrogens (tertiary/aromatic N) is 3. The molecule has 3 rings (SSSR count). The van der Waals surface area contributed by atoms with Gasteiger partial charge in [0.25, 0.3) is 10.0 Å². The monoisotopic (exact) mass is 320 g/mol. The molecule has 22 heavy (non-hydrogen) atoms. The molecule has 0 unspecified atom stereocenters. The van der Waals surface area contributed by atoms with Crippen LogP contribution in [0.3, 0.4) is 0 Å². The van der Waals surface area contributed by atoms with Gasteiger partial charge in [-0.25, -0.2) is 9.82 Å². The largest absolute Gasteiger partial charge is 0.286 e. The van der Waals surface area contributed by atoms with Crippen molar-refractivity contribution >= 4 is 21.5 Å². The molecule has 0 saturated carbocycles. The number of aromatic nitrogens is 1. The second-order valence-corrected chi connectivity index (χ2v) is 6.13. The fourth-order valence-electron chi connectivity index (χ4n) is 2.23. The molecule has 1 aliphatic rings. The van der Waals surface area contributed by atoms with Crippen molar-refractivity contribution in [1.82, 2.24) is 10.4 Å². The Balaban J connectivity index is 2.27.